The molecule has 1 saturated heterocycles. The summed E-state index contributed by atoms with van der Waals surface area (Å²) >= 11 is 5.95. The molecule has 1 aliphatic rings. The molecule has 1 fully saturated rings. The third-order valence-electron chi connectivity index (χ3n) is 4.62. The first-order chi connectivity index (χ1) is 12.4. The summed E-state index contributed by atoms with van der Waals surface area (Å²) in [4.78, 5) is 0. The summed E-state index contributed by atoms with van der Waals surface area (Å²) < 4.78 is 16.4. The standard InChI is InChI=1S/C21H25ClO4/c1-14(23)20(22)26-18-10-6-16(7-11-18)21(2,3)15-4-8-17(9-5-15)24-12-19-13-25-19/h4-11,14,19-20,23H,12-13H2,1-3H3. The van der Waals surface area contributed by atoms with Crippen molar-refractivity contribution in [2.75, 3.05) is 13.2 Å². The van der Waals surface area contributed by atoms with E-state index in [4.69, 9.17) is 25.8 Å². The number of rotatable bonds is 8. The minimum Gasteiger partial charge on any atom is -0.491 e. The van der Waals surface area contributed by atoms with E-state index in [-0.39, 0.29) is 11.5 Å². The number of aliphatic hydroxyl groups excluding tert-OH is 1. The summed E-state index contributed by atoms with van der Waals surface area (Å²) in [6, 6.07) is 16.0. The lowest BCUT2D eigenvalue weighted by molar-refractivity contribution is 0.0972. The Kier molecular flexibility index (Phi) is 5.76. The molecule has 1 N–H and O–H groups in total. The fraction of sp³-hybridized carbons (Fsp3) is 0.429. The lowest BCUT2D eigenvalue weighted by atomic mass is 9.78. The van der Waals surface area contributed by atoms with E-state index in [1.165, 1.54) is 5.56 Å². The molecule has 0 amide bonds. The van der Waals surface area contributed by atoms with Crippen molar-refractivity contribution < 1.29 is 19.3 Å². The molecule has 0 aromatic heterocycles. The van der Waals surface area contributed by atoms with Crippen LogP contribution in [0.1, 0.15) is 31.9 Å². The zero-order valence-electron chi connectivity index (χ0n) is 15.3. The average molecular weight is 377 g/mol. The second-order valence-electron chi connectivity index (χ2n) is 7.15. The Morgan fingerprint density at radius 2 is 1.58 bits per heavy atom. The van der Waals surface area contributed by atoms with Crippen LogP contribution in [-0.2, 0) is 10.2 Å². The van der Waals surface area contributed by atoms with Gasteiger partial charge in [0, 0.05) is 5.41 Å². The molecule has 2 aromatic carbocycles. The van der Waals surface area contributed by atoms with Gasteiger partial charge in [0.2, 0.25) is 0 Å². The number of alkyl halides is 1. The monoisotopic (exact) mass is 376 g/mol. The Labute approximate surface area is 159 Å². The molecule has 140 valence electrons. The number of halogens is 1. The van der Waals surface area contributed by atoms with E-state index in [0.717, 1.165) is 17.9 Å². The summed E-state index contributed by atoms with van der Waals surface area (Å²) in [6.45, 7) is 7.36. The van der Waals surface area contributed by atoms with Crippen LogP contribution in [0.3, 0.4) is 0 Å². The first kappa shape index (κ1) is 19.0. The highest BCUT2D eigenvalue weighted by Crippen LogP contribution is 2.33. The van der Waals surface area contributed by atoms with E-state index in [0.29, 0.717) is 12.4 Å². The molecule has 0 spiro atoms. The highest BCUT2D eigenvalue weighted by Gasteiger charge is 2.25. The quantitative estimate of drug-likeness (QED) is 0.556. The zero-order valence-corrected chi connectivity index (χ0v) is 16.1. The number of ether oxygens (including phenoxy) is 3. The number of benzene rings is 2. The maximum Gasteiger partial charge on any atom is 0.197 e. The fourth-order valence-corrected chi connectivity index (χ4v) is 2.77. The van der Waals surface area contributed by atoms with Gasteiger partial charge in [0.15, 0.2) is 5.56 Å². The van der Waals surface area contributed by atoms with Crippen LogP contribution in [-0.4, -0.2) is 36.1 Å². The van der Waals surface area contributed by atoms with E-state index in [1.54, 1.807) is 6.92 Å². The second-order valence-corrected chi connectivity index (χ2v) is 7.58. The van der Waals surface area contributed by atoms with Crippen molar-refractivity contribution in [3.8, 4) is 11.5 Å². The molecule has 0 radical (unpaired) electrons. The summed E-state index contributed by atoms with van der Waals surface area (Å²) in [6.07, 6.45) is -0.478. The van der Waals surface area contributed by atoms with E-state index >= 15 is 0 Å². The summed E-state index contributed by atoms with van der Waals surface area (Å²) in [5.41, 5.74) is 1.43. The zero-order chi connectivity index (χ0) is 18.7. The first-order valence-corrected chi connectivity index (χ1v) is 9.24. The average Bonchev–Trinajstić information content (AvgIpc) is 3.45. The van der Waals surface area contributed by atoms with Crippen LogP contribution in [0.25, 0.3) is 0 Å². The van der Waals surface area contributed by atoms with Crippen LogP contribution in [0.2, 0.25) is 0 Å². The number of epoxide rings is 1. The molecule has 26 heavy (non-hydrogen) atoms. The van der Waals surface area contributed by atoms with Crippen molar-refractivity contribution in [1.82, 2.24) is 0 Å². The maximum absolute atomic E-state index is 9.43. The normalized spacial score (nSPS) is 18.9. The molecule has 5 heteroatoms. The minimum absolute atomic E-state index is 0.165. The van der Waals surface area contributed by atoms with Gasteiger partial charge in [-0.1, -0.05) is 49.7 Å². The summed E-state index contributed by atoms with van der Waals surface area (Å²) in [5, 5.41) is 9.43. The van der Waals surface area contributed by atoms with Crippen LogP contribution < -0.4 is 9.47 Å². The number of aliphatic hydroxyl groups is 1. The molecule has 1 aliphatic heterocycles. The Bertz CT molecular complexity index is 706. The van der Waals surface area contributed by atoms with Gasteiger partial charge in [-0.05, 0) is 42.3 Å². The molecule has 3 atom stereocenters. The predicted molar refractivity (Wildman–Crippen MR) is 102 cm³/mol. The predicted octanol–water partition coefficient (Wildman–Crippen LogP) is 4.11. The highest BCUT2D eigenvalue weighted by molar-refractivity contribution is 6.20. The van der Waals surface area contributed by atoms with Gasteiger partial charge in [-0.15, -0.1) is 0 Å². The smallest absolute Gasteiger partial charge is 0.197 e. The van der Waals surface area contributed by atoms with Crippen LogP contribution in [0.5, 0.6) is 11.5 Å². The third-order valence-corrected chi connectivity index (χ3v) is 5.07. The Morgan fingerprint density at radius 1 is 1.08 bits per heavy atom. The lowest BCUT2D eigenvalue weighted by Gasteiger charge is -2.26. The Hall–Kier alpha value is -1.75. The van der Waals surface area contributed by atoms with Crippen LogP contribution in [0.15, 0.2) is 48.5 Å². The summed E-state index contributed by atoms with van der Waals surface area (Å²) in [7, 11) is 0. The van der Waals surface area contributed by atoms with Crippen molar-refractivity contribution >= 4 is 11.6 Å². The van der Waals surface area contributed by atoms with Gasteiger partial charge in [0.25, 0.3) is 0 Å². The van der Waals surface area contributed by atoms with Gasteiger partial charge >= 0.3 is 0 Å². The van der Waals surface area contributed by atoms with E-state index in [2.05, 4.69) is 26.0 Å². The van der Waals surface area contributed by atoms with Crippen molar-refractivity contribution in [2.24, 2.45) is 0 Å². The van der Waals surface area contributed by atoms with Gasteiger partial charge in [0.05, 0.1) is 6.61 Å². The van der Waals surface area contributed by atoms with Crippen LogP contribution >= 0.6 is 11.6 Å². The molecule has 3 unspecified atom stereocenters. The van der Waals surface area contributed by atoms with Crippen molar-refractivity contribution in [2.45, 2.75) is 44.0 Å². The van der Waals surface area contributed by atoms with Gasteiger partial charge in [0.1, 0.15) is 30.3 Å². The topological polar surface area (TPSA) is 51.2 Å². The fourth-order valence-electron chi connectivity index (χ4n) is 2.67. The van der Waals surface area contributed by atoms with Crippen LogP contribution in [0, 0.1) is 0 Å². The minimum atomic E-state index is -0.762. The number of hydrogen-bond acceptors (Lipinski definition) is 4. The molecular formula is C21H25ClO4. The van der Waals surface area contributed by atoms with Gasteiger partial charge in [-0.3, -0.25) is 0 Å². The van der Waals surface area contributed by atoms with Crippen LogP contribution in [0.4, 0.5) is 0 Å². The number of hydrogen-bond donors (Lipinski definition) is 1. The Morgan fingerprint density at radius 3 is 2.04 bits per heavy atom. The van der Waals surface area contributed by atoms with E-state index in [9.17, 15) is 5.11 Å². The SMILES string of the molecule is CC(O)C(Cl)Oc1ccc(C(C)(C)c2ccc(OCC3CO3)cc2)cc1. The highest BCUT2D eigenvalue weighted by atomic mass is 35.5. The second kappa shape index (κ2) is 7.87. The molecule has 3 rings (SSSR count). The van der Waals surface area contributed by atoms with Crippen molar-refractivity contribution in [3.63, 3.8) is 0 Å². The van der Waals surface area contributed by atoms with E-state index < -0.39 is 11.7 Å². The molecular weight excluding hydrogens is 352 g/mol. The maximum atomic E-state index is 9.43. The molecule has 0 aliphatic carbocycles. The van der Waals surface area contributed by atoms with Gasteiger partial charge < -0.3 is 19.3 Å². The van der Waals surface area contributed by atoms with E-state index in [1.807, 2.05) is 36.4 Å². The van der Waals surface area contributed by atoms with Crippen molar-refractivity contribution in [3.05, 3.63) is 59.7 Å². The Balaban J connectivity index is 1.68. The first-order valence-electron chi connectivity index (χ1n) is 8.80. The van der Waals surface area contributed by atoms with Gasteiger partial charge in [-0.25, -0.2) is 0 Å². The lowest BCUT2D eigenvalue weighted by Crippen LogP contribution is -2.23. The molecule has 0 bridgehead atoms. The van der Waals surface area contributed by atoms with Gasteiger partial charge in [-0.2, -0.15) is 0 Å². The molecule has 0 saturated carbocycles. The molecule has 4 nitrogen and oxygen atoms in total. The molecule has 1 heterocycles. The van der Waals surface area contributed by atoms with Crippen molar-refractivity contribution in [1.29, 1.82) is 0 Å². The molecule has 2 aromatic rings. The third kappa shape index (κ3) is 4.70. The summed E-state index contributed by atoms with van der Waals surface area (Å²) in [5.74, 6) is 1.49. The largest absolute Gasteiger partial charge is 0.491 e.